The first-order valence-corrected chi connectivity index (χ1v) is 10.4. The predicted molar refractivity (Wildman–Crippen MR) is 101 cm³/mol. The van der Waals surface area contributed by atoms with Gasteiger partial charge in [0, 0.05) is 0 Å². The molecular formula is C21H26O3Se. The van der Waals surface area contributed by atoms with Crippen LogP contribution in [0, 0.1) is 17.3 Å². The molecule has 0 radical (unpaired) electrons. The molecule has 1 heterocycles. The van der Waals surface area contributed by atoms with Crippen molar-refractivity contribution < 1.29 is 14.6 Å². The van der Waals surface area contributed by atoms with Gasteiger partial charge in [0.05, 0.1) is 0 Å². The van der Waals surface area contributed by atoms with Gasteiger partial charge < -0.3 is 0 Å². The van der Waals surface area contributed by atoms with Gasteiger partial charge in [-0.3, -0.25) is 0 Å². The number of hydrogen-bond donors (Lipinski definition) is 1. The molecule has 25 heavy (non-hydrogen) atoms. The molecule has 0 spiro atoms. The number of allylic oxidation sites excluding steroid dienone is 1. The van der Waals surface area contributed by atoms with Gasteiger partial charge in [-0.05, 0) is 0 Å². The SMILES string of the molecule is C=C[C@]1(C)CC[C@@H]2[C@H](OC(=O)[C@]2(C)[Se]c2ccccc2)[C@H]1C(=C)CO. The third-order valence-electron chi connectivity index (χ3n) is 5.97. The van der Waals surface area contributed by atoms with E-state index < -0.39 is 4.31 Å². The van der Waals surface area contributed by atoms with Crippen molar-refractivity contribution >= 4 is 25.4 Å². The maximum absolute atomic E-state index is 12.9. The number of rotatable bonds is 5. The number of ether oxygens (including phenoxy) is 1. The van der Waals surface area contributed by atoms with E-state index in [0.717, 1.165) is 18.4 Å². The Bertz CT molecular complexity index is 686. The number of aliphatic hydroxyl groups excluding tert-OH is 1. The van der Waals surface area contributed by atoms with Crippen molar-refractivity contribution in [3.63, 3.8) is 0 Å². The van der Waals surface area contributed by atoms with Gasteiger partial charge in [0.25, 0.3) is 0 Å². The Kier molecular flexibility index (Phi) is 4.98. The Labute approximate surface area is 156 Å². The normalized spacial score (nSPS) is 37.2. The minimum absolute atomic E-state index is 0.00220. The van der Waals surface area contributed by atoms with Gasteiger partial charge in [-0.2, -0.15) is 0 Å². The fourth-order valence-electron chi connectivity index (χ4n) is 4.40. The summed E-state index contributed by atoms with van der Waals surface area (Å²) < 4.78 is 6.68. The number of carbonyl (C=O) groups excluding carboxylic acids is 1. The summed E-state index contributed by atoms with van der Waals surface area (Å²) in [5.41, 5.74) is 0.535. The second-order valence-electron chi connectivity index (χ2n) is 7.54. The second kappa shape index (κ2) is 6.75. The van der Waals surface area contributed by atoms with E-state index in [1.807, 2.05) is 24.3 Å². The first-order chi connectivity index (χ1) is 11.9. The van der Waals surface area contributed by atoms with E-state index in [1.54, 1.807) is 0 Å². The number of carbonyl (C=O) groups is 1. The van der Waals surface area contributed by atoms with E-state index >= 15 is 0 Å². The average molecular weight is 405 g/mol. The number of esters is 1. The standard InChI is InChI=1S/C21H26O3Se/c1-5-20(3)12-11-16-18(17(20)14(2)13-22)24-19(23)21(16,4)25-15-9-7-6-8-10-15/h5-10,16-18,22H,1-2,11-13H2,3-4H3/t16-,17-,18+,20-,21-/m1/s1. The summed E-state index contributed by atoms with van der Waals surface area (Å²) in [4.78, 5) is 12.9. The van der Waals surface area contributed by atoms with Crippen LogP contribution >= 0.6 is 0 Å². The summed E-state index contributed by atoms with van der Waals surface area (Å²) >= 11 is -0.00220. The molecule has 0 unspecified atom stereocenters. The molecule has 1 aliphatic carbocycles. The molecule has 5 atom stereocenters. The Morgan fingerprint density at radius 3 is 2.68 bits per heavy atom. The van der Waals surface area contributed by atoms with Gasteiger partial charge in [-0.25, -0.2) is 0 Å². The third-order valence-corrected chi connectivity index (χ3v) is 8.91. The first kappa shape index (κ1) is 18.4. The first-order valence-electron chi connectivity index (χ1n) is 8.73. The van der Waals surface area contributed by atoms with Crippen molar-refractivity contribution in [3.8, 4) is 0 Å². The van der Waals surface area contributed by atoms with Crippen LogP contribution in [0.4, 0.5) is 0 Å². The van der Waals surface area contributed by atoms with Gasteiger partial charge in [0.2, 0.25) is 0 Å². The third kappa shape index (κ3) is 3.01. The van der Waals surface area contributed by atoms with Crippen LogP contribution in [0.15, 0.2) is 55.1 Å². The van der Waals surface area contributed by atoms with Crippen molar-refractivity contribution in [2.24, 2.45) is 17.3 Å². The summed E-state index contributed by atoms with van der Waals surface area (Å²) in [6, 6.07) is 10.2. The second-order valence-corrected chi connectivity index (χ2v) is 10.7. The zero-order valence-corrected chi connectivity index (χ0v) is 16.6. The van der Waals surface area contributed by atoms with Crippen LogP contribution in [0.1, 0.15) is 26.7 Å². The molecule has 0 aromatic heterocycles. The number of hydrogen-bond acceptors (Lipinski definition) is 3. The molecule has 1 saturated carbocycles. The maximum atomic E-state index is 12.9. The molecule has 1 aromatic carbocycles. The van der Waals surface area contributed by atoms with E-state index in [1.165, 1.54) is 4.46 Å². The molecular weight excluding hydrogens is 379 g/mol. The number of aliphatic hydroxyl groups is 1. The molecule has 3 nitrogen and oxygen atoms in total. The van der Waals surface area contributed by atoms with Gasteiger partial charge in [-0.15, -0.1) is 0 Å². The van der Waals surface area contributed by atoms with Crippen LogP contribution < -0.4 is 4.46 Å². The molecule has 1 aliphatic heterocycles. The van der Waals surface area contributed by atoms with Crippen molar-refractivity contribution in [2.45, 2.75) is 37.1 Å². The summed E-state index contributed by atoms with van der Waals surface area (Å²) in [5, 5.41) is 9.70. The van der Waals surface area contributed by atoms with Crippen LogP contribution in [-0.4, -0.2) is 38.7 Å². The Balaban J connectivity index is 1.95. The fraction of sp³-hybridized carbons (Fsp3) is 0.476. The monoisotopic (exact) mass is 406 g/mol. The number of benzene rings is 1. The molecule has 1 saturated heterocycles. The fourth-order valence-corrected chi connectivity index (χ4v) is 7.17. The summed E-state index contributed by atoms with van der Waals surface area (Å²) in [5.74, 6) is -0.0250. The van der Waals surface area contributed by atoms with Crippen LogP contribution in [0.25, 0.3) is 0 Å². The molecule has 3 rings (SSSR count). The van der Waals surface area contributed by atoms with Crippen molar-refractivity contribution in [1.82, 2.24) is 0 Å². The zero-order chi connectivity index (χ0) is 18.2. The Hall–Kier alpha value is -1.35. The van der Waals surface area contributed by atoms with E-state index in [9.17, 15) is 9.90 Å². The van der Waals surface area contributed by atoms with E-state index in [-0.39, 0.29) is 50.9 Å². The van der Waals surface area contributed by atoms with Crippen molar-refractivity contribution in [2.75, 3.05) is 6.61 Å². The predicted octanol–water partition coefficient (Wildman–Crippen LogP) is 2.89. The molecule has 1 N–H and O–H groups in total. The molecule has 2 aliphatic rings. The summed E-state index contributed by atoms with van der Waals surface area (Å²) in [6.45, 7) is 12.2. The van der Waals surface area contributed by atoms with Crippen LogP contribution in [0.5, 0.6) is 0 Å². The summed E-state index contributed by atoms with van der Waals surface area (Å²) in [7, 11) is 0. The van der Waals surface area contributed by atoms with Crippen LogP contribution in [0.2, 0.25) is 4.31 Å². The Morgan fingerprint density at radius 2 is 2.08 bits per heavy atom. The Morgan fingerprint density at radius 1 is 1.40 bits per heavy atom. The van der Waals surface area contributed by atoms with Gasteiger partial charge in [0.1, 0.15) is 0 Å². The van der Waals surface area contributed by atoms with Crippen molar-refractivity contribution in [1.29, 1.82) is 0 Å². The van der Waals surface area contributed by atoms with E-state index in [4.69, 9.17) is 4.74 Å². The molecule has 0 bridgehead atoms. The van der Waals surface area contributed by atoms with Crippen LogP contribution in [-0.2, 0) is 9.53 Å². The molecule has 2 fully saturated rings. The molecule has 4 heteroatoms. The topological polar surface area (TPSA) is 46.5 Å². The van der Waals surface area contributed by atoms with E-state index in [2.05, 4.69) is 39.1 Å². The van der Waals surface area contributed by atoms with Gasteiger partial charge >= 0.3 is 156 Å². The van der Waals surface area contributed by atoms with Gasteiger partial charge in [0.15, 0.2) is 0 Å². The zero-order valence-electron chi connectivity index (χ0n) is 14.9. The quantitative estimate of drug-likeness (QED) is 0.466. The summed E-state index contributed by atoms with van der Waals surface area (Å²) in [6.07, 6.45) is 3.58. The minimum atomic E-state index is -0.477. The van der Waals surface area contributed by atoms with Crippen LogP contribution in [0.3, 0.4) is 0 Å². The number of fused-ring (bicyclic) bond motifs is 1. The molecule has 134 valence electrons. The molecule has 1 aromatic rings. The van der Waals surface area contributed by atoms with Gasteiger partial charge in [-0.1, -0.05) is 0 Å². The van der Waals surface area contributed by atoms with Crippen molar-refractivity contribution in [3.05, 3.63) is 55.1 Å². The van der Waals surface area contributed by atoms with E-state index in [0.29, 0.717) is 0 Å². The molecule has 0 amide bonds. The average Bonchev–Trinajstić information content (AvgIpc) is 2.85.